The van der Waals surface area contributed by atoms with Crippen LogP contribution in [0.4, 0.5) is 0 Å². The third-order valence-corrected chi connectivity index (χ3v) is 1.79. The number of halogens is 1. The summed E-state index contributed by atoms with van der Waals surface area (Å²) in [6, 6.07) is 0. The first-order valence-electron chi connectivity index (χ1n) is 3.81. The van der Waals surface area contributed by atoms with E-state index in [0.717, 1.165) is 30.4 Å². The molecule has 0 aromatic carbocycles. The van der Waals surface area contributed by atoms with Gasteiger partial charge in [-0.05, 0) is 6.42 Å². The molecule has 0 fully saturated rings. The van der Waals surface area contributed by atoms with E-state index in [9.17, 15) is 0 Å². The van der Waals surface area contributed by atoms with Crippen molar-refractivity contribution in [1.82, 2.24) is 15.0 Å². The normalized spacial score (nSPS) is 10.4. The average molecular weight is 218 g/mol. The van der Waals surface area contributed by atoms with Crippen molar-refractivity contribution in [3.63, 3.8) is 0 Å². The predicted molar refractivity (Wildman–Crippen MR) is 47.8 cm³/mol. The van der Waals surface area contributed by atoms with E-state index in [1.165, 1.54) is 0 Å². The number of rotatable bonds is 4. The lowest BCUT2D eigenvalue weighted by molar-refractivity contribution is 0.579. The van der Waals surface area contributed by atoms with E-state index in [1.807, 2.05) is 10.9 Å². The molecular weight excluding hydrogens is 206 g/mol. The Morgan fingerprint density at radius 1 is 1.64 bits per heavy atom. The van der Waals surface area contributed by atoms with Gasteiger partial charge in [0.15, 0.2) is 0 Å². The first-order chi connectivity index (χ1) is 5.36. The summed E-state index contributed by atoms with van der Waals surface area (Å²) in [5.74, 6) is 0. The SMILES string of the molecule is CCCn1cc(CCBr)nn1. The van der Waals surface area contributed by atoms with Crippen LogP contribution in [0.1, 0.15) is 19.0 Å². The van der Waals surface area contributed by atoms with Gasteiger partial charge in [0, 0.05) is 24.5 Å². The van der Waals surface area contributed by atoms with E-state index in [1.54, 1.807) is 0 Å². The predicted octanol–water partition coefficient (Wildman–Crippen LogP) is 1.63. The van der Waals surface area contributed by atoms with Crippen LogP contribution < -0.4 is 0 Å². The summed E-state index contributed by atoms with van der Waals surface area (Å²) in [6.07, 6.45) is 4.07. The van der Waals surface area contributed by atoms with Crippen molar-refractivity contribution in [2.24, 2.45) is 0 Å². The largest absolute Gasteiger partial charge is 0.252 e. The summed E-state index contributed by atoms with van der Waals surface area (Å²) < 4.78 is 1.89. The van der Waals surface area contributed by atoms with Crippen LogP contribution in [0.15, 0.2) is 6.20 Å². The fraction of sp³-hybridized carbons (Fsp3) is 0.714. The van der Waals surface area contributed by atoms with Crippen LogP contribution in [0.2, 0.25) is 0 Å². The van der Waals surface area contributed by atoms with Crippen LogP contribution in [-0.4, -0.2) is 20.3 Å². The maximum Gasteiger partial charge on any atom is 0.0835 e. The lowest BCUT2D eigenvalue weighted by Gasteiger charge is -1.92. The quantitative estimate of drug-likeness (QED) is 0.719. The summed E-state index contributed by atoms with van der Waals surface area (Å²) in [5, 5.41) is 8.93. The molecule has 0 N–H and O–H groups in total. The monoisotopic (exact) mass is 217 g/mol. The minimum Gasteiger partial charge on any atom is -0.252 e. The van der Waals surface area contributed by atoms with Gasteiger partial charge in [0.25, 0.3) is 0 Å². The van der Waals surface area contributed by atoms with Gasteiger partial charge >= 0.3 is 0 Å². The van der Waals surface area contributed by atoms with Crippen molar-refractivity contribution >= 4 is 15.9 Å². The molecule has 3 nitrogen and oxygen atoms in total. The zero-order chi connectivity index (χ0) is 8.10. The Labute approximate surface area is 74.9 Å². The third kappa shape index (κ3) is 2.61. The first-order valence-corrected chi connectivity index (χ1v) is 4.94. The van der Waals surface area contributed by atoms with Gasteiger partial charge in [-0.1, -0.05) is 28.1 Å². The van der Waals surface area contributed by atoms with Gasteiger partial charge in [-0.3, -0.25) is 4.68 Å². The second-order valence-corrected chi connectivity index (χ2v) is 3.20. The van der Waals surface area contributed by atoms with E-state index >= 15 is 0 Å². The summed E-state index contributed by atoms with van der Waals surface area (Å²) in [4.78, 5) is 0. The van der Waals surface area contributed by atoms with E-state index in [-0.39, 0.29) is 0 Å². The van der Waals surface area contributed by atoms with Gasteiger partial charge in [0.05, 0.1) is 5.69 Å². The van der Waals surface area contributed by atoms with Gasteiger partial charge in [-0.15, -0.1) is 5.10 Å². The molecule has 62 valence electrons. The third-order valence-electron chi connectivity index (χ3n) is 1.39. The molecule has 4 heteroatoms. The highest BCUT2D eigenvalue weighted by molar-refractivity contribution is 9.09. The van der Waals surface area contributed by atoms with E-state index in [2.05, 4.69) is 33.2 Å². The number of aryl methyl sites for hydroxylation is 2. The fourth-order valence-electron chi connectivity index (χ4n) is 0.888. The number of hydrogen-bond donors (Lipinski definition) is 0. The molecule has 0 amide bonds. The Kier molecular flexibility index (Phi) is 3.56. The molecule has 0 bridgehead atoms. The minimum atomic E-state index is 0.956. The van der Waals surface area contributed by atoms with Gasteiger partial charge in [0.1, 0.15) is 0 Å². The molecule has 0 aliphatic heterocycles. The van der Waals surface area contributed by atoms with Crippen molar-refractivity contribution in [1.29, 1.82) is 0 Å². The molecule has 1 heterocycles. The molecule has 1 aromatic rings. The standard InChI is InChI=1S/C7H12BrN3/c1-2-5-11-6-7(3-4-8)9-10-11/h6H,2-5H2,1H3. The fourth-order valence-corrected chi connectivity index (χ4v) is 1.29. The summed E-state index contributed by atoms with van der Waals surface area (Å²) in [5.41, 5.74) is 1.07. The van der Waals surface area contributed by atoms with Crippen molar-refractivity contribution < 1.29 is 0 Å². The Morgan fingerprint density at radius 2 is 2.45 bits per heavy atom. The van der Waals surface area contributed by atoms with Crippen LogP contribution in [0.3, 0.4) is 0 Å². The molecule has 0 aliphatic rings. The summed E-state index contributed by atoms with van der Waals surface area (Å²) in [6.45, 7) is 3.10. The number of aromatic nitrogens is 3. The van der Waals surface area contributed by atoms with Crippen LogP contribution in [0, 0.1) is 0 Å². The Bertz CT molecular complexity index is 189. The molecule has 0 aliphatic carbocycles. The van der Waals surface area contributed by atoms with Gasteiger partial charge in [0.2, 0.25) is 0 Å². The first kappa shape index (κ1) is 8.71. The zero-order valence-electron chi connectivity index (χ0n) is 6.63. The Balaban J connectivity index is 2.51. The number of nitrogens with zero attached hydrogens (tertiary/aromatic N) is 3. The maximum absolute atomic E-state index is 4.01. The lowest BCUT2D eigenvalue weighted by Crippen LogP contribution is -1.96. The average Bonchev–Trinajstić information content (AvgIpc) is 2.38. The molecule has 0 saturated heterocycles. The maximum atomic E-state index is 4.01. The van der Waals surface area contributed by atoms with E-state index < -0.39 is 0 Å². The molecule has 1 aromatic heterocycles. The second-order valence-electron chi connectivity index (χ2n) is 2.41. The molecule has 0 unspecified atom stereocenters. The summed E-state index contributed by atoms with van der Waals surface area (Å²) >= 11 is 3.36. The highest BCUT2D eigenvalue weighted by Crippen LogP contribution is 1.97. The minimum absolute atomic E-state index is 0.956. The van der Waals surface area contributed by atoms with Gasteiger partial charge in [-0.25, -0.2) is 0 Å². The summed E-state index contributed by atoms with van der Waals surface area (Å²) in [7, 11) is 0. The topological polar surface area (TPSA) is 30.7 Å². The number of alkyl halides is 1. The zero-order valence-corrected chi connectivity index (χ0v) is 8.21. The van der Waals surface area contributed by atoms with Crippen LogP contribution >= 0.6 is 15.9 Å². The molecular formula is C7H12BrN3. The van der Waals surface area contributed by atoms with Crippen LogP contribution in [-0.2, 0) is 13.0 Å². The van der Waals surface area contributed by atoms with E-state index in [4.69, 9.17) is 0 Å². The second kappa shape index (κ2) is 4.49. The molecule has 1 rings (SSSR count). The Morgan fingerprint density at radius 3 is 3.09 bits per heavy atom. The van der Waals surface area contributed by atoms with Crippen molar-refractivity contribution in [2.75, 3.05) is 5.33 Å². The van der Waals surface area contributed by atoms with Crippen molar-refractivity contribution in [2.45, 2.75) is 26.3 Å². The van der Waals surface area contributed by atoms with Crippen molar-refractivity contribution in [3.8, 4) is 0 Å². The molecule has 0 atom stereocenters. The van der Waals surface area contributed by atoms with Crippen molar-refractivity contribution in [3.05, 3.63) is 11.9 Å². The van der Waals surface area contributed by atoms with E-state index in [0.29, 0.717) is 0 Å². The molecule has 0 radical (unpaired) electrons. The molecule has 0 saturated carbocycles. The molecule has 0 spiro atoms. The highest BCUT2D eigenvalue weighted by Gasteiger charge is 1.97. The smallest absolute Gasteiger partial charge is 0.0835 e. The highest BCUT2D eigenvalue weighted by atomic mass is 79.9. The van der Waals surface area contributed by atoms with Gasteiger partial charge in [-0.2, -0.15) is 0 Å². The lowest BCUT2D eigenvalue weighted by atomic mass is 10.4. The molecule has 11 heavy (non-hydrogen) atoms. The number of hydrogen-bond acceptors (Lipinski definition) is 2. The van der Waals surface area contributed by atoms with Crippen LogP contribution in [0.25, 0.3) is 0 Å². The Hall–Kier alpha value is -0.380. The van der Waals surface area contributed by atoms with Gasteiger partial charge < -0.3 is 0 Å². The van der Waals surface area contributed by atoms with Crippen LogP contribution in [0.5, 0.6) is 0 Å².